The second-order valence-electron chi connectivity index (χ2n) is 6.04. The summed E-state index contributed by atoms with van der Waals surface area (Å²) in [4.78, 5) is 27.2. The van der Waals surface area contributed by atoms with E-state index in [-0.39, 0.29) is 5.91 Å². The summed E-state index contributed by atoms with van der Waals surface area (Å²) in [5, 5.41) is 12.5. The molecule has 7 heteroatoms. The fourth-order valence-corrected chi connectivity index (χ4v) is 3.63. The van der Waals surface area contributed by atoms with E-state index < -0.39 is 12.6 Å². The number of aliphatic carboxylic acids is 1. The maximum atomic E-state index is 12.1. The highest BCUT2D eigenvalue weighted by Crippen LogP contribution is 2.23. The Kier molecular flexibility index (Phi) is 6.38. The van der Waals surface area contributed by atoms with Gasteiger partial charge in [-0.1, -0.05) is 18.2 Å². The number of nitrogens with zero attached hydrogens (tertiary/aromatic N) is 1. The van der Waals surface area contributed by atoms with Gasteiger partial charge in [-0.15, -0.1) is 11.3 Å². The van der Waals surface area contributed by atoms with Crippen molar-refractivity contribution in [1.82, 2.24) is 4.98 Å². The lowest BCUT2D eigenvalue weighted by Crippen LogP contribution is -2.12. The number of carbonyl (C=O) groups is 2. The summed E-state index contributed by atoms with van der Waals surface area (Å²) >= 11 is 1.70. The van der Waals surface area contributed by atoms with E-state index in [4.69, 9.17) is 9.84 Å². The van der Waals surface area contributed by atoms with Gasteiger partial charge < -0.3 is 15.2 Å². The SMILES string of the molecule is O=C(O)COc1cccc(NC(=O)CCCCc2nc3ccccc3s2)c1. The van der Waals surface area contributed by atoms with Gasteiger partial charge in [0.2, 0.25) is 5.91 Å². The lowest BCUT2D eigenvalue weighted by molar-refractivity contribution is -0.139. The van der Waals surface area contributed by atoms with Gasteiger partial charge in [0.25, 0.3) is 0 Å². The topological polar surface area (TPSA) is 88.5 Å². The van der Waals surface area contributed by atoms with Crippen molar-refractivity contribution in [2.45, 2.75) is 25.7 Å². The average Bonchev–Trinajstić information content (AvgIpc) is 3.07. The Balaban J connectivity index is 1.41. The van der Waals surface area contributed by atoms with Gasteiger partial charge in [-0.3, -0.25) is 4.79 Å². The number of carboxylic acid groups (broad SMARTS) is 1. The van der Waals surface area contributed by atoms with Crippen molar-refractivity contribution < 1.29 is 19.4 Å². The third-order valence-electron chi connectivity index (χ3n) is 3.86. The van der Waals surface area contributed by atoms with Crippen molar-refractivity contribution >= 4 is 39.1 Å². The standard InChI is InChI=1S/C20H20N2O4S/c23-18(21-14-6-5-7-15(12-14)26-13-20(24)25)10-3-4-11-19-22-16-8-1-2-9-17(16)27-19/h1-2,5-9,12H,3-4,10-11,13H2,(H,21,23)(H,24,25). The van der Waals surface area contributed by atoms with E-state index in [0.717, 1.165) is 29.8 Å². The molecule has 0 fully saturated rings. The van der Waals surface area contributed by atoms with Crippen molar-refractivity contribution in [1.29, 1.82) is 0 Å². The Morgan fingerprint density at radius 1 is 1.11 bits per heavy atom. The molecule has 6 nitrogen and oxygen atoms in total. The van der Waals surface area contributed by atoms with Gasteiger partial charge in [0.05, 0.1) is 15.2 Å². The van der Waals surface area contributed by atoms with Crippen LogP contribution < -0.4 is 10.1 Å². The number of nitrogens with one attached hydrogen (secondary N) is 1. The molecule has 0 unspecified atom stereocenters. The van der Waals surface area contributed by atoms with Gasteiger partial charge in [-0.25, -0.2) is 9.78 Å². The molecule has 1 aromatic heterocycles. The lowest BCUT2D eigenvalue weighted by Gasteiger charge is -2.08. The first-order valence-electron chi connectivity index (χ1n) is 8.69. The van der Waals surface area contributed by atoms with Gasteiger partial charge in [0.15, 0.2) is 6.61 Å². The van der Waals surface area contributed by atoms with Gasteiger partial charge in [0.1, 0.15) is 5.75 Å². The molecule has 0 radical (unpaired) electrons. The number of carboxylic acids is 1. The third-order valence-corrected chi connectivity index (χ3v) is 4.96. The van der Waals surface area contributed by atoms with Crippen molar-refractivity contribution in [2.24, 2.45) is 0 Å². The summed E-state index contributed by atoms with van der Waals surface area (Å²) in [6, 6.07) is 14.8. The molecule has 0 aliphatic heterocycles. The maximum absolute atomic E-state index is 12.1. The van der Waals surface area contributed by atoms with Crippen LogP contribution in [0.2, 0.25) is 0 Å². The molecule has 3 rings (SSSR count). The summed E-state index contributed by atoms with van der Waals surface area (Å²) in [5.41, 5.74) is 1.62. The molecule has 0 atom stereocenters. The number of hydrogen-bond donors (Lipinski definition) is 2. The molecule has 2 N–H and O–H groups in total. The van der Waals surface area contributed by atoms with Crippen LogP contribution in [-0.4, -0.2) is 28.6 Å². The molecule has 1 amide bonds. The summed E-state index contributed by atoms with van der Waals surface area (Å²) < 4.78 is 6.30. The number of rotatable bonds is 9. The third kappa shape index (κ3) is 5.79. The number of para-hydroxylation sites is 1. The first kappa shape index (κ1) is 18.8. The van der Waals surface area contributed by atoms with Crippen molar-refractivity contribution in [3.05, 3.63) is 53.5 Å². The molecule has 3 aromatic rings. The smallest absolute Gasteiger partial charge is 0.341 e. The zero-order chi connectivity index (χ0) is 19.1. The number of amides is 1. The molecule has 0 bridgehead atoms. The molecule has 0 saturated heterocycles. The number of anilines is 1. The van der Waals surface area contributed by atoms with E-state index in [1.807, 2.05) is 18.2 Å². The number of fused-ring (bicyclic) bond motifs is 1. The molecule has 140 valence electrons. The molecule has 0 saturated carbocycles. The Bertz CT molecular complexity index is 905. The molecule has 0 spiro atoms. The monoisotopic (exact) mass is 384 g/mol. The predicted molar refractivity (Wildman–Crippen MR) is 105 cm³/mol. The number of unbranched alkanes of at least 4 members (excludes halogenated alkanes) is 1. The van der Waals surface area contributed by atoms with Crippen LogP contribution in [0.5, 0.6) is 5.75 Å². The Labute approximate surface area is 160 Å². The normalized spacial score (nSPS) is 10.7. The fourth-order valence-electron chi connectivity index (χ4n) is 2.62. The number of carbonyl (C=O) groups excluding carboxylic acids is 1. The number of ether oxygens (including phenoxy) is 1. The summed E-state index contributed by atoms with van der Waals surface area (Å²) in [6.45, 7) is -0.414. The highest BCUT2D eigenvalue weighted by molar-refractivity contribution is 7.18. The maximum Gasteiger partial charge on any atom is 0.341 e. The molecule has 1 heterocycles. The minimum Gasteiger partial charge on any atom is -0.482 e. The van der Waals surface area contributed by atoms with Crippen molar-refractivity contribution in [2.75, 3.05) is 11.9 Å². The molecule has 2 aromatic carbocycles. The zero-order valence-electron chi connectivity index (χ0n) is 14.7. The van der Waals surface area contributed by atoms with Crippen LogP contribution in [0.15, 0.2) is 48.5 Å². The average molecular weight is 384 g/mol. The first-order valence-corrected chi connectivity index (χ1v) is 9.51. The Morgan fingerprint density at radius 2 is 1.96 bits per heavy atom. The summed E-state index contributed by atoms with van der Waals surface area (Å²) in [5.74, 6) is -0.710. The van der Waals surface area contributed by atoms with E-state index in [1.54, 1.807) is 35.6 Å². The van der Waals surface area contributed by atoms with E-state index in [9.17, 15) is 9.59 Å². The molecular weight excluding hydrogens is 364 g/mol. The van der Waals surface area contributed by atoms with Crippen LogP contribution in [0.1, 0.15) is 24.3 Å². The van der Waals surface area contributed by atoms with E-state index in [1.165, 1.54) is 4.70 Å². The number of thiazole rings is 1. The van der Waals surface area contributed by atoms with Crippen LogP contribution in [0.25, 0.3) is 10.2 Å². The van der Waals surface area contributed by atoms with Crippen LogP contribution >= 0.6 is 11.3 Å². The Morgan fingerprint density at radius 3 is 2.78 bits per heavy atom. The molecule has 0 aliphatic carbocycles. The summed E-state index contributed by atoms with van der Waals surface area (Å²) in [7, 11) is 0. The second-order valence-corrected chi connectivity index (χ2v) is 7.16. The van der Waals surface area contributed by atoms with Crippen LogP contribution in [0, 0.1) is 0 Å². The van der Waals surface area contributed by atoms with Crippen LogP contribution in [0.3, 0.4) is 0 Å². The number of aryl methyl sites for hydroxylation is 1. The minimum atomic E-state index is -1.04. The van der Waals surface area contributed by atoms with Gasteiger partial charge >= 0.3 is 5.97 Å². The van der Waals surface area contributed by atoms with E-state index in [2.05, 4.69) is 16.4 Å². The number of aromatic nitrogens is 1. The van der Waals surface area contributed by atoms with Gasteiger partial charge in [0, 0.05) is 18.2 Å². The predicted octanol–water partition coefficient (Wildman–Crippen LogP) is 4.11. The number of hydrogen-bond acceptors (Lipinski definition) is 5. The zero-order valence-corrected chi connectivity index (χ0v) is 15.5. The highest BCUT2D eigenvalue weighted by atomic mass is 32.1. The quantitative estimate of drug-likeness (QED) is 0.542. The van der Waals surface area contributed by atoms with Crippen molar-refractivity contribution in [3.8, 4) is 5.75 Å². The minimum absolute atomic E-state index is 0.0744. The highest BCUT2D eigenvalue weighted by Gasteiger charge is 2.06. The van der Waals surface area contributed by atoms with Crippen LogP contribution in [0.4, 0.5) is 5.69 Å². The largest absolute Gasteiger partial charge is 0.482 e. The fraction of sp³-hybridized carbons (Fsp3) is 0.250. The molecule has 27 heavy (non-hydrogen) atoms. The Hall–Kier alpha value is -2.93. The van der Waals surface area contributed by atoms with Gasteiger partial charge in [-0.05, 0) is 43.5 Å². The van der Waals surface area contributed by atoms with E-state index in [0.29, 0.717) is 17.9 Å². The van der Waals surface area contributed by atoms with Crippen LogP contribution in [-0.2, 0) is 16.0 Å². The van der Waals surface area contributed by atoms with E-state index >= 15 is 0 Å². The second kappa shape index (κ2) is 9.14. The number of benzene rings is 2. The first-order chi connectivity index (χ1) is 13.1. The molecular formula is C20H20N2O4S. The van der Waals surface area contributed by atoms with Crippen molar-refractivity contribution in [3.63, 3.8) is 0 Å². The molecule has 0 aliphatic rings. The van der Waals surface area contributed by atoms with Gasteiger partial charge in [-0.2, -0.15) is 0 Å². The summed E-state index contributed by atoms with van der Waals surface area (Å²) in [6.07, 6.45) is 2.96. The lowest BCUT2D eigenvalue weighted by atomic mass is 10.2.